The van der Waals surface area contributed by atoms with Crippen LogP contribution in [-0.4, -0.2) is 41.1 Å². The first-order chi connectivity index (χ1) is 15.3. The van der Waals surface area contributed by atoms with Crippen LogP contribution in [0.5, 0.6) is 5.75 Å². The van der Waals surface area contributed by atoms with Crippen LogP contribution in [0.1, 0.15) is 35.7 Å². The molecule has 32 heavy (non-hydrogen) atoms. The van der Waals surface area contributed by atoms with Gasteiger partial charge in [0.1, 0.15) is 11.8 Å². The summed E-state index contributed by atoms with van der Waals surface area (Å²) in [6.45, 7) is 5.50. The Balaban J connectivity index is 1.72. The number of amides is 2. The van der Waals surface area contributed by atoms with Gasteiger partial charge < -0.3 is 19.9 Å². The number of likely N-dealkylation sites (N-methyl/N-ethyl adjacent to an activating group) is 1. The zero-order valence-corrected chi connectivity index (χ0v) is 19.1. The van der Waals surface area contributed by atoms with E-state index in [0.29, 0.717) is 34.5 Å². The molecule has 1 atom stereocenters. The molecule has 0 fully saturated rings. The van der Waals surface area contributed by atoms with Gasteiger partial charge in [0, 0.05) is 31.5 Å². The minimum absolute atomic E-state index is 0.0414. The van der Waals surface area contributed by atoms with Crippen molar-refractivity contribution in [1.29, 1.82) is 0 Å². The van der Waals surface area contributed by atoms with Crippen LogP contribution in [0.25, 0.3) is 11.4 Å². The normalized spacial score (nSPS) is 11.8. The Kier molecular flexibility index (Phi) is 7.48. The highest BCUT2D eigenvalue weighted by Gasteiger charge is 2.22. The van der Waals surface area contributed by atoms with Gasteiger partial charge in [-0.05, 0) is 37.6 Å². The van der Waals surface area contributed by atoms with E-state index in [4.69, 9.17) is 20.9 Å². The summed E-state index contributed by atoms with van der Waals surface area (Å²) in [5.41, 5.74) is 1.99. The maximum absolute atomic E-state index is 12.8. The van der Waals surface area contributed by atoms with Gasteiger partial charge in [0.15, 0.2) is 0 Å². The molecule has 3 aromatic rings. The number of nitrogens with zero attached hydrogens (tertiary/aromatic N) is 2. The van der Waals surface area contributed by atoms with E-state index in [2.05, 4.69) is 20.8 Å². The van der Waals surface area contributed by atoms with Crippen LogP contribution in [0.15, 0.2) is 47.0 Å². The second-order valence-electron chi connectivity index (χ2n) is 7.49. The van der Waals surface area contributed by atoms with Crippen LogP contribution in [0.3, 0.4) is 0 Å². The van der Waals surface area contributed by atoms with Crippen LogP contribution in [0.4, 0.5) is 0 Å². The number of rotatable bonds is 8. The number of benzene rings is 2. The molecule has 0 bridgehead atoms. The third kappa shape index (κ3) is 5.85. The van der Waals surface area contributed by atoms with Crippen LogP contribution in [-0.2, 0) is 11.2 Å². The fourth-order valence-corrected chi connectivity index (χ4v) is 3.28. The summed E-state index contributed by atoms with van der Waals surface area (Å²) in [6, 6.07) is 11.4. The number of carbonyl (C=O) groups excluding carboxylic acids is 2. The first-order valence-corrected chi connectivity index (χ1v) is 10.5. The predicted molar refractivity (Wildman–Crippen MR) is 121 cm³/mol. The van der Waals surface area contributed by atoms with Crippen molar-refractivity contribution in [3.8, 4) is 17.1 Å². The molecule has 1 heterocycles. The second kappa shape index (κ2) is 10.3. The van der Waals surface area contributed by atoms with Crippen molar-refractivity contribution < 1.29 is 18.8 Å². The SMILES string of the molecule is CNC(=O)[C@H](Cc1ccc(-c2noc(C)n2)cc1)NC(=O)c1ccc(OC(C)C)c(Cl)c1. The summed E-state index contributed by atoms with van der Waals surface area (Å²) >= 11 is 6.24. The molecule has 0 aliphatic heterocycles. The van der Waals surface area contributed by atoms with Crippen molar-refractivity contribution in [3.63, 3.8) is 0 Å². The summed E-state index contributed by atoms with van der Waals surface area (Å²) in [5, 5.41) is 9.59. The molecule has 0 unspecified atom stereocenters. The average molecular weight is 457 g/mol. The molecule has 168 valence electrons. The first-order valence-electron chi connectivity index (χ1n) is 10.1. The van der Waals surface area contributed by atoms with Gasteiger partial charge in [0.25, 0.3) is 5.91 Å². The van der Waals surface area contributed by atoms with Crippen molar-refractivity contribution in [2.75, 3.05) is 7.05 Å². The van der Waals surface area contributed by atoms with E-state index in [0.717, 1.165) is 11.1 Å². The maximum Gasteiger partial charge on any atom is 0.251 e. The van der Waals surface area contributed by atoms with Crippen LogP contribution >= 0.6 is 11.6 Å². The lowest BCUT2D eigenvalue weighted by Crippen LogP contribution is -2.47. The number of aryl methyl sites for hydroxylation is 1. The van der Waals surface area contributed by atoms with Gasteiger partial charge in [-0.25, -0.2) is 0 Å². The van der Waals surface area contributed by atoms with Crippen molar-refractivity contribution >= 4 is 23.4 Å². The molecular weight excluding hydrogens is 432 g/mol. The minimum Gasteiger partial charge on any atom is -0.489 e. The quantitative estimate of drug-likeness (QED) is 0.536. The van der Waals surface area contributed by atoms with E-state index < -0.39 is 11.9 Å². The lowest BCUT2D eigenvalue weighted by molar-refractivity contribution is -0.122. The summed E-state index contributed by atoms with van der Waals surface area (Å²) < 4.78 is 10.6. The third-order valence-electron chi connectivity index (χ3n) is 4.60. The summed E-state index contributed by atoms with van der Waals surface area (Å²) in [7, 11) is 1.53. The van der Waals surface area contributed by atoms with E-state index >= 15 is 0 Å². The topological polar surface area (TPSA) is 106 Å². The lowest BCUT2D eigenvalue weighted by Gasteiger charge is -2.18. The van der Waals surface area contributed by atoms with Gasteiger partial charge in [-0.2, -0.15) is 4.98 Å². The smallest absolute Gasteiger partial charge is 0.251 e. The number of hydrogen-bond donors (Lipinski definition) is 2. The molecule has 2 N–H and O–H groups in total. The van der Waals surface area contributed by atoms with Crippen molar-refractivity contribution in [2.45, 2.75) is 39.3 Å². The number of carbonyl (C=O) groups is 2. The fourth-order valence-electron chi connectivity index (χ4n) is 3.06. The standard InChI is InChI=1S/C23H25ClN4O4/c1-13(2)31-20-10-9-17(12-18(20)24)22(29)27-19(23(30)25-4)11-15-5-7-16(8-6-15)21-26-14(3)32-28-21/h5-10,12-13,19H,11H2,1-4H3,(H,25,30)(H,27,29)/t19-/m0/s1. The van der Waals surface area contributed by atoms with Crippen molar-refractivity contribution in [1.82, 2.24) is 20.8 Å². The highest BCUT2D eigenvalue weighted by molar-refractivity contribution is 6.32. The number of aromatic nitrogens is 2. The highest BCUT2D eigenvalue weighted by atomic mass is 35.5. The van der Waals surface area contributed by atoms with Gasteiger partial charge in [-0.15, -0.1) is 0 Å². The molecule has 8 nitrogen and oxygen atoms in total. The summed E-state index contributed by atoms with van der Waals surface area (Å²) in [5.74, 6) is 0.762. The zero-order valence-electron chi connectivity index (χ0n) is 18.3. The average Bonchev–Trinajstić information content (AvgIpc) is 3.20. The lowest BCUT2D eigenvalue weighted by atomic mass is 10.0. The van der Waals surface area contributed by atoms with Crippen molar-refractivity contribution in [3.05, 3.63) is 64.5 Å². The largest absolute Gasteiger partial charge is 0.489 e. The number of hydrogen-bond acceptors (Lipinski definition) is 6. The molecule has 0 saturated heterocycles. The number of ether oxygens (including phenoxy) is 1. The Morgan fingerprint density at radius 3 is 2.44 bits per heavy atom. The minimum atomic E-state index is -0.767. The molecule has 3 rings (SSSR count). The Hall–Kier alpha value is -3.39. The van der Waals surface area contributed by atoms with E-state index in [1.165, 1.54) is 13.1 Å². The van der Waals surface area contributed by atoms with Gasteiger partial charge in [-0.3, -0.25) is 9.59 Å². The maximum atomic E-state index is 12.8. The Morgan fingerprint density at radius 2 is 1.88 bits per heavy atom. The molecule has 2 amide bonds. The number of nitrogens with one attached hydrogen (secondary N) is 2. The Morgan fingerprint density at radius 1 is 1.16 bits per heavy atom. The van der Waals surface area contributed by atoms with Gasteiger partial charge >= 0.3 is 0 Å². The first kappa shape index (κ1) is 23.3. The van der Waals surface area contributed by atoms with E-state index in [9.17, 15) is 9.59 Å². The molecule has 2 aromatic carbocycles. The Bertz CT molecular complexity index is 1100. The molecule has 0 aliphatic carbocycles. The van der Waals surface area contributed by atoms with E-state index in [-0.39, 0.29) is 12.0 Å². The monoisotopic (exact) mass is 456 g/mol. The highest BCUT2D eigenvalue weighted by Crippen LogP contribution is 2.26. The summed E-state index contributed by atoms with van der Waals surface area (Å²) in [4.78, 5) is 29.4. The van der Waals surface area contributed by atoms with Crippen LogP contribution < -0.4 is 15.4 Å². The molecule has 9 heteroatoms. The molecule has 0 saturated carbocycles. The Labute approximate surface area is 191 Å². The van der Waals surface area contributed by atoms with E-state index in [1.807, 2.05) is 38.1 Å². The molecule has 1 aromatic heterocycles. The van der Waals surface area contributed by atoms with Gasteiger partial charge in [0.2, 0.25) is 17.6 Å². The zero-order chi connectivity index (χ0) is 23.3. The molecule has 0 spiro atoms. The number of halogens is 1. The second-order valence-corrected chi connectivity index (χ2v) is 7.90. The fraction of sp³-hybridized carbons (Fsp3) is 0.304. The van der Waals surface area contributed by atoms with Crippen LogP contribution in [0.2, 0.25) is 5.02 Å². The molecule has 0 radical (unpaired) electrons. The molecule has 0 aliphatic rings. The predicted octanol–water partition coefficient (Wildman–Crippen LogP) is 3.57. The van der Waals surface area contributed by atoms with Gasteiger partial charge in [-0.1, -0.05) is 41.0 Å². The third-order valence-corrected chi connectivity index (χ3v) is 4.90. The molecular formula is C23H25ClN4O4. The summed E-state index contributed by atoms with van der Waals surface area (Å²) in [6.07, 6.45) is 0.263. The van der Waals surface area contributed by atoms with E-state index in [1.54, 1.807) is 19.1 Å². The van der Waals surface area contributed by atoms with Crippen LogP contribution in [0, 0.1) is 6.92 Å². The van der Waals surface area contributed by atoms with Gasteiger partial charge in [0.05, 0.1) is 11.1 Å². The van der Waals surface area contributed by atoms with Crippen molar-refractivity contribution in [2.24, 2.45) is 0 Å².